The van der Waals surface area contributed by atoms with Gasteiger partial charge >= 0.3 is 101 Å². The van der Waals surface area contributed by atoms with E-state index >= 15 is 0 Å². The summed E-state index contributed by atoms with van der Waals surface area (Å²) in [6, 6.07) is 9.87. The van der Waals surface area contributed by atoms with Crippen molar-refractivity contribution in [2.75, 3.05) is 0 Å². The molecule has 0 saturated heterocycles. The first-order valence-electron chi connectivity index (χ1n) is 5.82. The minimum atomic E-state index is -1.62. The van der Waals surface area contributed by atoms with Crippen molar-refractivity contribution in [1.29, 1.82) is 0 Å². The van der Waals surface area contributed by atoms with Crippen LogP contribution in [0, 0.1) is 5.92 Å². The fourth-order valence-electron chi connectivity index (χ4n) is 1.50. The molecule has 0 fully saturated rings. The van der Waals surface area contributed by atoms with Crippen LogP contribution in [0.4, 0.5) is 0 Å². The molecule has 1 nitrogen and oxygen atoms in total. The van der Waals surface area contributed by atoms with Crippen molar-refractivity contribution < 1.29 is 5.11 Å². The van der Waals surface area contributed by atoms with Gasteiger partial charge in [0.15, 0.2) is 0 Å². The van der Waals surface area contributed by atoms with E-state index in [1.54, 1.807) is 0 Å². The van der Waals surface area contributed by atoms with Gasteiger partial charge in [0.25, 0.3) is 0 Å². The van der Waals surface area contributed by atoms with E-state index in [2.05, 4.69) is 35.2 Å². The van der Waals surface area contributed by atoms with Gasteiger partial charge in [0.1, 0.15) is 0 Å². The van der Waals surface area contributed by atoms with Gasteiger partial charge in [-0.2, -0.15) is 0 Å². The maximum atomic E-state index is 10.2. The number of rotatable bonds is 4. The molecule has 0 aliphatic rings. The molecular formula is C14H22GeO. The first kappa shape index (κ1) is 13.5. The third kappa shape index (κ3) is 4.54. The Morgan fingerprint density at radius 1 is 1.12 bits per heavy atom. The van der Waals surface area contributed by atoms with E-state index in [1.165, 1.54) is 0 Å². The Hall–Kier alpha value is -0.537. The van der Waals surface area contributed by atoms with Crippen LogP contribution in [-0.2, 0) is 0 Å². The van der Waals surface area contributed by atoms with Crippen LogP contribution in [-0.4, -0.2) is 18.4 Å². The van der Waals surface area contributed by atoms with Crippen LogP contribution >= 0.6 is 0 Å². The topological polar surface area (TPSA) is 20.2 Å². The second-order valence-electron chi connectivity index (χ2n) is 5.44. The zero-order chi connectivity index (χ0) is 12.2. The molecule has 88 valence electrons. The van der Waals surface area contributed by atoms with Crippen molar-refractivity contribution in [3.8, 4) is 0 Å². The van der Waals surface area contributed by atoms with E-state index < -0.39 is 13.3 Å². The van der Waals surface area contributed by atoms with E-state index in [1.807, 2.05) is 30.3 Å². The van der Waals surface area contributed by atoms with Gasteiger partial charge in [-0.3, -0.25) is 0 Å². The molecule has 0 radical (unpaired) electrons. The first-order valence-corrected chi connectivity index (χ1v) is 13.3. The molecule has 16 heavy (non-hydrogen) atoms. The molecule has 1 aromatic carbocycles. The zero-order valence-corrected chi connectivity index (χ0v) is 12.7. The minimum absolute atomic E-state index is 0.187. The molecule has 2 heteroatoms. The van der Waals surface area contributed by atoms with Crippen LogP contribution in [0.2, 0.25) is 17.3 Å². The number of aliphatic hydroxyl groups excluding tert-OH is 1. The zero-order valence-electron chi connectivity index (χ0n) is 10.6. The monoisotopic (exact) mass is 280 g/mol. The van der Waals surface area contributed by atoms with Gasteiger partial charge in [-0.15, -0.1) is 0 Å². The Morgan fingerprint density at radius 2 is 1.69 bits per heavy atom. The summed E-state index contributed by atoms with van der Waals surface area (Å²) in [5.41, 5.74) is 1.00. The van der Waals surface area contributed by atoms with Gasteiger partial charge in [0.05, 0.1) is 0 Å². The van der Waals surface area contributed by atoms with E-state index in [4.69, 9.17) is 0 Å². The second kappa shape index (κ2) is 5.69. The Morgan fingerprint density at radius 3 is 2.19 bits per heavy atom. The Labute approximate surface area is 102 Å². The first-order chi connectivity index (χ1) is 7.40. The SMILES string of the molecule is CC(/C=[CH]/[Ge]([CH3])([CH3])[CH3])C(O)c1ccccc1. The van der Waals surface area contributed by atoms with Crippen LogP contribution in [0.1, 0.15) is 18.6 Å². The average molecular weight is 279 g/mol. The summed E-state index contributed by atoms with van der Waals surface area (Å²) in [7, 11) is 0. The van der Waals surface area contributed by atoms with Crippen LogP contribution in [0.25, 0.3) is 0 Å². The van der Waals surface area contributed by atoms with Crippen LogP contribution in [0.3, 0.4) is 0 Å². The molecule has 0 aromatic heterocycles. The molecule has 0 spiro atoms. The van der Waals surface area contributed by atoms with Crippen molar-refractivity contribution in [3.63, 3.8) is 0 Å². The average Bonchev–Trinajstić information content (AvgIpc) is 2.25. The molecule has 0 aliphatic heterocycles. The molecule has 0 aliphatic carbocycles. The molecular weight excluding hydrogens is 257 g/mol. The van der Waals surface area contributed by atoms with Gasteiger partial charge in [-0.25, -0.2) is 0 Å². The molecule has 2 unspecified atom stereocenters. The molecule has 1 aromatic rings. The second-order valence-corrected chi connectivity index (χ2v) is 16.1. The van der Waals surface area contributed by atoms with E-state index in [9.17, 15) is 5.11 Å². The van der Waals surface area contributed by atoms with Crippen molar-refractivity contribution in [2.24, 2.45) is 5.92 Å². The quantitative estimate of drug-likeness (QED) is 0.831. The van der Waals surface area contributed by atoms with Gasteiger partial charge in [0, 0.05) is 0 Å². The Kier molecular flexibility index (Phi) is 4.81. The maximum absolute atomic E-state index is 10.2. The molecule has 2 atom stereocenters. The van der Waals surface area contributed by atoms with Crippen molar-refractivity contribution in [3.05, 3.63) is 46.9 Å². The Balaban J connectivity index is 2.69. The van der Waals surface area contributed by atoms with Crippen molar-refractivity contribution in [2.45, 2.75) is 30.3 Å². The molecule has 1 N–H and O–H groups in total. The third-order valence-corrected chi connectivity index (χ3v) is 5.04. The molecule has 0 heterocycles. The van der Waals surface area contributed by atoms with Crippen LogP contribution in [0.15, 0.2) is 41.3 Å². The standard InChI is InChI=1S/C14H22GeO/c1-12(10-11-15(2,3)4)14(16)13-8-6-5-7-9-13/h5-12,14,16H,1-4H3/b11-10+. The summed E-state index contributed by atoms with van der Waals surface area (Å²) in [6.45, 7) is 2.07. The third-order valence-electron chi connectivity index (χ3n) is 2.54. The Bertz CT molecular complexity index is 338. The number of benzene rings is 1. The molecule has 0 bridgehead atoms. The summed E-state index contributed by atoms with van der Waals surface area (Å²) in [5.74, 6) is 7.22. The van der Waals surface area contributed by atoms with E-state index in [0.717, 1.165) is 5.56 Å². The fraction of sp³-hybridized carbons (Fsp3) is 0.429. The summed E-state index contributed by atoms with van der Waals surface area (Å²) in [6.07, 6.45) is 1.79. The normalized spacial score (nSPS) is 16.3. The summed E-state index contributed by atoms with van der Waals surface area (Å²) in [5, 5.41) is 10.2. The van der Waals surface area contributed by atoms with Crippen LogP contribution in [0.5, 0.6) is 0 Å². The fourth-order valence-corrected chi connectivity index (χ4v) is 3.35. The van der Waals surface area contributed by atoms with Crippen molar-refractivity contribution >= 4 is 13.3 Å². The summed E-state index contributed by atoms with van der Waals surface area (Å²) in [4.78, 5) is 2.34. The molecule has 0 saturated carbocycles. The van der Waals surface area contributed by atoms with Gasteiger partial charge in [0.2, 0.25) is 0 Å². The van der Waals surface area contributed by atoms with E-state index in [-0.39, 0.29) is 12.0 Å². The van der Waals surface area contributed by atoms with Gasteiger partial charge in [-0.05, 0) is 0 Å². The van der Waals surface area contributed by atoms with E-state index in [0.29, 0.717) is 0 Å². The number of aliphatic hydroxyl groups is 1. The predicted octanol–water partition coefficient (Wildman–Crippen LogP) is 3.79. The van der Waals surface area contributed by atoms with Gasteiger partial charge < -0.3 is 0 Å². The summed E-state index contributed by atoms with van der Waals surface area (Å²) >= 11 is -1.62. The summed E-state index contributed by atoms with van der Waals surface area (Å²) < 4.78 is 0. The van der Waals surface area contributed by atoms with Gasteiger partial charge in [-0.1, -0.05) is 0 Å². The molecule has 1 rings (SSSR count). The predicted molar refractivity (Wildman–Crippen MR) is 73.1 cm³/mol. The number of hydrogen-bond donors (Lipinski definition) is 1. The molecule has 0 amide bonds. The number of hydrogen-bond acceptors (Lipinski definition) is 1. The van der Waals surface area contributed by atoms with Crippen molar-refractivity contribution in [1.82, 2.24) is 0 Å². The van der Waals surface area contributed by atoms with Crippen LogP contribution < -0.4 is 0 Å².